The van der Waals surface area contributed by atoms with Gasteiger partial charge in [-0.2, -0.15) is 0 Å². The van der Waals surface area contributed by atoms with Gasteiger partial charge in [0.2, 0.25) is 5.91 Å². The van der Waals surface area contributed by atoms with E-state index in [4.69, 9.17) is 0 Å². The molecule has 16 heavy (non-hydrogen) atoms. The molecule has 1 aromatic rings. The number of hydrogen-bond donors (Lipinski definition) is 2. The Hall–Kier alpha value is -1.77. The van der Waals surface area contributed by atoms with Crippen LogP contribution in [0.4, 0.5) is 11.4 Å². The maximum atomic E-state index is 11.3. The Morgan fingerprint density at radius 1 is 1.44 bits per heavy atom. The first-order valence-corrected chi connectivity index (χ1v) is 5.49. The molecule has 0 aliphatic heterocycles. The zero-order valence-electron chi connectivity index (χ0n) is 9.42. The molecule has 84 valence electrons. The van der Waals surface area contributed by atoms with Gasteiger partial charge in [0, 0.05) is 7.05 Å². The second-order valence-corrected chi connectivity index (χ2v) is 4.02. The van der Waals surface area contributed by atoms with Gasteiger partial charge in [-0.25, -0.2) is 0 Å². The number of carbonyl (C=O) groups is 1. The van der Waals surface area contributed by atoms with E-state index in [0.717, 1.165) is 11.4 Å². The molecular weight excluding hydrogens is 200 g/mol. The van der Waals surface area contributed by atoms with Crippen molar-refractivity contribution in [1.29, 1.82) is 0 Å². The van der Waals surface area contributed by atoms with E-state index in [-0.39, 0.29) is 5.91 Å². The summed E-state index contributed by atoms with van der Waals surface area (Å²) in [4.78, 5) is 11.3. The van der Waals surface area contributed by atoms with Gasteiger partial charge in [-0.05, 0) is 42.5 Å². The first kappa shape index (κ1) is 10.7. The van der Waals surface area contributed by atoms with E-state index < -0.39 is 0 Å². The molecule has 0 unspecified atom stereocenters. The number of hydrogen-bond acceptors (Lipinski definition) is 2. The Morgan fingerprint density at radius 2 is 2.19 bits per heavy atom. The molecule has 2 rings (SSSR count). The maximum absolute atomic E-state index is 11.3. The van der Waals surface area contributed by atoms with E-state index in [0.29, 0.717) is 5.92 Å². The summed E-state index contributed by atoms with van der Waals surface area (Å²) in [5, 5.41) is 5.88. The highest BCUT2D eigenvalue weighted by molar-refractivity contribution is 6.01. The van der Waals surface area contributed by atoms with Crippen molar-refractivity contribution in [2.75, 3.05) is 17.7 Å². The monoisotopic (exact) mass is 216 g/mol. The lowest BCUT2D eigenvalue weighted by Crippen LogP contribution is -2.09. The molecule has 1 aliphatic carbocycles. The lowest BCUT2D eigenvalue weighted by molar-refractivity contribution is -0.111. The average molecular weight is 216 g/mol. The van der Waals surface area contributed by atoms with Crippen molar-refractivity contribution >= 4 is 17.3 Å². The highest BCUT2D eigenvalue weighted by Crippen LogP contribution is 2.41. The van der Waals surface area contributed by atoms with Crippen molar-refractivity contribution in [1.82, 2.24) is 0 Å². The SMILES string of the molecule is C=CC(=O)Nc1cc(C2CC2)ccc1NC. The summed E-state index contributed by atoms with van der Waals surface area (Å²) < 4.78 is 0. The van der Waals surface area contributed by atoms with Crippen LogP contribution in [0.1, 0.15) is 24.3 Å². The molecule has 1 fully saturated rings. The Labute approximate surface area is 95.6 Å². The lowest BCUT2D eigenvalue weighted by Gasteiger charge is -2.11. The van der Waals surface area contributed by atoms with Gasteiger partial charge in [0.1, 0.15) is 0 Å². The highest BCUT2D eigenvalue weighted by Gasteiger charge is 2.24. The van der Waals surface area contributed by atoms with Crippen LogP contribution in [0.2, 0.25) is 0 Å². The van der Waals surface area contributed by atoms with Gasteiger partial charge >= 0.3 is 0 Å². The molecule has 0 saturated heterocycles. The van der Waals surface area contributed by atoms with Crippen LogP contribution in [0.15, 0.2) is 30.9 Å². The second kappa shape index (κ2) is 4.39. The Kier molecular flexibility index (Phi) is 2.95. The number of carbonyl (C=O) groups excluding carboxylic acids is 1. The zero-order valence-corrected chi connectivity index (χ0v) is 9.42. The number of amides is 1. The van der Waals surface area contributed by atoms with Crippen LogP contribution in [0, 0.1) is 0 Å². The third kappa shape index (κ3) is 2.24. The Morgan fingerprint density at radius 3 is 2.75 bits per heavy atom. The van der Waals surface area contributed by atoms with E-state index in [1.165, 1.54) is 24.5 Å². The minimum Gasteiger partial charge on any atom is -0.386 e. The molecular formula is C13H16N2O. The summed E-state index contributed by atoms with van der Waals surface area (Å²) in [6.45, 7) is 3.45. The fraction of sp³-hybridized carbons (Fsp3) is 0.308. The maximum Gasteiger partial charge on any atom is 0.247 e. The van der Waals surface area contributed by atoms with Crippen molar-refractivity contribution in [3.63, 3.8) is 0 Å². The summed E-state index contributed by atoms with van der Waals surface area (Å²) in [7, 11) is 1.84. The normalized spacial score (nSPS) is 14.3. The summed E-state index contributed by atoms with van der Waals surface area (Å²) in [6.07, 6.45) is 3.80. The van der Waals surface area contributed by atoms with Crippen LogP contribution in [0.3, 0.4) is 0 Å². The van der Waals surface area contributed by atoms with Gasteiger partial charge in [-0.1, -0.05) is 12.6 Å². The minimum absolute atomic E-state index is 0.176. The van der Waals surface area contributed by atoms with E-state index in [9.17, 15) is 4.79 Å². The fourth-order valence-corrected chi connectivity index (χ4v) is 1.74. The van der Waals surface area contributed by atoms with Crippen molar-refractivity contribution < 1.29 is 4.79 Å². The summed E-state index contributed by atoms with van der Waals surface area (Å²) in [5.74, 6) is 0.509. The van der Waals surface area contributed by atoms with Crippen molar-refractivity contribution in [3.05, 3.63) is 36.4 Å². The molecule has 0 radical (unpaired) electrons. The number of anilines is 2. The predicted molar refractivity (Wildman–Crippen MR) is 66.8 cm³/mol. The second-order valence-electron chi connectivity index (χ2n) is 4.02. The number of benzene rings is 1. The topological polar surface area (TPSA) is 41.1 Å². The predicted octanol–water partition coefficient (Wildman–Crippen LogP) is 2.73. The number of nitrogens with one attached hydrogen (secondary N) is 2. The third-order valence-electron chi connectivity index (χ3n) is 2.80. The molecule has 0 spiro atoms. The van der Waals surface area contributed by atoms with Gasteiger partial charge in [0.25, 0.3) is 0 Å². The van der Waals surface area contributed by atoms with Gasteiger partial charge in [0.05, 0.1) is 11.4 Å². The van der Waals surface area contributed by atoms with Crippen LogP contribution in [-0.2, 0) is 4.79 Å². The fourth-order valence-electron chi connectivity index (χ4n) is 1.74. The molecule has 1 aliphatic rings. The lowest BCUT2D eigenvalue weighted by atomic mass is 10.1. The Balaban J connectivity index is 2.26. The molecule has 0 heterocycles. The molecule has 0 atom stereocenters. The van der Waals surface area contributed by atoms with Crippen LogP contribution >= 0.6 is 0 Å². The summed E-state index contributed by atoms with van der Waals surface area (Å²) in [5.41, 5.74) is 3.06. The van der Waals surface area contributed by atoms with E-state index >= 15 is 0 Å². The van der Waals surface area contributed by atoms with E-state index in [1.807, 2.05) is 19.2 Å². The number of rotatable bonds is 4. The first-order valence-electron chi connectivity index (χ1n) is 5.49. The molecule has 3 nitrogen and oxygen atoms in total. The van der Waals surface area contributed by atoms with Crippen LogP contribution in [0.5, 0.6) is 0 Å². The van der Waals surface area contributed by atoms with Gasteiger partial charge in [-0.3, -0.25) is 4.79 Å². The molecule has 0 aromatic heterocycles. The summed E-state index contributed by atoms with van der Waals surface area (Å²) in [6, 6.07) is 6.17. The molecule has 3 heteroatoms. The summed E-state index contributed by atoms with van der Waals surface area (Å²) >= 11 is 0. The zero-order chi connectivity index (χ0) is 11.5. The first-order chi connectivity index (χ1) is 7.74. The minimum atomic E-state index is -0.176. The Bertz CT molecular complexity index is 422. The van der Waals surface area contributed by atoms with Crippen LogP contribution < -0.4 is 10.6 Å². The van der Waals surface area contributed by atoms with Crippen LogP contribution in [0.25, 0.3) is 0 Å². The molecule has 0 bridgehead atoms. The molecule has 1 saturated carbocycles. The smallest absolute Gasteiger partial charge is 0.247 e. The molecule has 1 aromatic carbocycles. The van der Waals surface area contributed by atoms with E-state index in [1.54, 1.807) is 0 Å². The van der Waals surface area contributed by atoms with Gasteiger partial charge in [-0.15, -0.1) is 0 Å². The standard InChI is InChI=1S/C13H16N2O/c1-3-13(16)15-12-8-10(9-4-5-9)6-7-11(12)14-2/h3,6-9,14H,1,4-5H2,2H3,(H,15,16). The largest absolute Gasteiger partial charge is 0.386 e. The molecule has 1 amide bonds. The van der Waals surface area contributed by atoms with E-state index in [2.05, 4.69) is 23.3 Å². The molecule has 2 N–H and O–H groups in total. The van der Waals surface area contributed by atoms with Gasteiger partial charge < -0.3 is 10.6 Å². The van der Waals surface area contributed by atoms with Crippen molar-refractivity contribution in [2.45, 2.75) is 18.8 Å². The third-order valence-corrected chi connectivity index (χ3v) is 2.80. The van der Waals surface area contributed by atoms with Crippen molar-refractivity contribution in [3.8, 4) is 0 Å². The van der Waals surface area contributed by atoms with Crippen LogP contribution in [-0.4, -0.2) is 13.0 Å². The average Bonchev–Trinajstić information content (AvgIpc) is 3.12. The highest BCUT2D eigenvalue weighted by atomic mass is 16.1. The quantitative estimate of drug-likeness (QED) is 0.760. The van der Waals surface area contributed by atoms with Crippen molar-refractivity contribution in [2.24, 2.45) is 0 Å². The van der Waals surface area contributed by atoms with Gasteiger partial charge in [0.15, 0.2) is 0 Å².